The summed E-state index contributed by atoms with van der Waals surface area (Å²) in [6.07, 6.45) is 1.52. The van der Waals surface area contributed by atoms with E-state index in [0.717, 1.165) is 18.5 Å². The molecule has 1 aromatic heterocycles. The van der Waals surface area contributed by atoms with E-state index in [2.05, 4.69) is 10.1 Å². The van der Waals surface area contributed by atoms with Crippen LogP contribution in [0.5, 0.6) is 0 Å². The second-order valence-electron chi connectivity index (χ2n) is 5.39. The van der Waals surface area contributed by atoms with Gasteiger partial charge in [0.25, 0.3) is 0 Å². The largest absolute Gasteiger partial charge is 0.481 e. The highest BCUT2D eigenvalue weighted by atomic mass is 16.5. The number of aromatic nitrogens is 2. The van der Waals surface area contributed by atoms with Crippen LogP contribution < -0.4 is 4.90 Å². The molecule has 0 spiro atoms. The number of carbonyl (C=O) groups is 1. The van der Waals surface area contributed by atoms with Gasteiger partial charge in [0, 0.05) is 18.7 Å². The molecule has 3 rings (SSSR count). The fourth-order valence-electron chi connectivity index (χ4n) is 2.52. The molecule has 21 heavy (non-hydrogen) atoms. The Morgan fingerprint density at radius 2 is 2.14 bits per heavy atom. The number of benzene rings is 1. The highest BCUT2D eigenvalue weighted by molar-refractivity contribution is 5.71. The molecular formula is C15H17N3O3. The van der Waals surface area contributed by atoms with Crippen LogP contribution in [-0.4, -0.2) is 34.3 Å². The van der Waals surface area contributed by atoms with Gasteiger partial charge in [-0.15, -0.1) is 0 Å². The maximum Gasteiger partial charge on any atom is 0.324 e. The summed E-state index contributed by atoms with van der Waals surface area (Å²) < 4.78 is 5.29. The molecule has 1 aliphatic heterocycles. The normalized spacial score (nSPS) is 18.7. The Bertz CT molecular complexity index is 636. The molecule has 1 atom stereocenters. The first-order valence-electron chi connectivity index (χ1n) is 7.02. The van der Waals surface area contributed by atoms with Crippen LogP contribution in [0.3, 0.4) is 0 Å². The van der Waals surface area contributed by atoms with E-state index in [-0.39, 0.29) is 5.92 Å². The van der Waals surface area contributed by atoms with Crippen molar-refractivity contribution in [2.45, 2.75) is 19.8 Å². The molecule has 1 aliphatic rings. The molecule has 1 saturated heterocycles. The van der Waals surface area contributed by atoms with Gasteiger partial charge in [-0.05, 0) is 19.8 Å². The smallest absolute Gasteiger partial charge is 0.324 e. The Labute approximate surface area is 122 Å². The zero-order valence-corrected chi connectivity index (χ0v) is 11.8. The minimum atomic E-state index is -0.766. The van der Waals surface area contributed by atoms with Crippen LogP contribution in [0.1, 0.15) is 18.4 Å². The topological polar surface area (TPSA) is 79.5 Å². The average Bonchev–Trinajstić information content (AvgIpc) is 2.98. The molecule has 0 bridgehead atoms. The number of piperidine rings is 1. The van der Waals surface area contributed by atoms with E-state index in [1.807, 2.05) is 36.1 Å². The number of carboxylic acids is 1. The summed E-state index contributed by atoms with van der Waals surface area (Å²) in [6.45, 7) is 3.19. The molecule has 110 valence electrons. The zero-order chi connectivity index (χ0) is 14.8. The van der Waals surface area contributed by atoms with E-state index < -0.39 is 5.97 Å². The Morgan fingerprint density at radius 1 is 1.38 bits per heavy atom. The molecule has 0 aliphatic carbocycles. The van der Waals surface area contributed by atoms with E-state index in [4.69, 9.17) is 9.63 Å². The first-order chi connectivity index (χ1) is 10.1. The van der Waals surface area contributed by atoms with Gasteiger partial charge < -0.3 is 14.5 Å². The SMILES string of the molecule is Cc1ccc(-c2noc(N3CCCC(C(=O)O)C3)n2)cc1. The second kappa shape index (κ2) is 5.55. The lowest BCUT2D eigenvalue weighted by Crippen LogP contribution is -2.38. The minimum absolute atomic E-state index is 0.367. The van der Waals surface area contributed by atoms with Gasteiger partial charge in [0.15, 0.2) is 0 Å². The monoisotopic (exact) mass is 287 g/mol. The summed E-state index contributed by atoms with van der Waals surface area (Å²) in [6, 6.07) is 8.27. The van der Waals surface area contributed by atoms with Gasteiger partial charge in [0.1, 0.15) is 0 Å². The minimum Gasteiger partial charge on any atom is -0.481 e. The van der Waals surface area contributed by atoms with E-state index in [9.17, 15) is 4.79 Å². The third-order valence-electron chi connectivity index (χ3n) is 3.77. The average molecular weight is 287 g/mol. The quantitative estimate of drug-likeness (QED) is 0.933. The maximum atomic E-state index is 11.1. The molecule has 2 heterocycles. The summed E-state index contributed by atoms with van der Waals surface area (Å²) in [5, 5.41) is 13.1. The van der Waals surface area contributed by atoms with Gasteiger partial charge in [-0.3, -0.25) is 4.79 Å². The third-order valence-corrected chi connectivity index (χ3v) is 3.77. The molecule has 1 N–H and O–H groups in total. The third kappa shape index (κ3) is 2.89. The molecular weight excluding hydrogens is 270 g/mol. The maximum absolute atomic E-state index is 11.1. The highest BCUT2D eigenvalue weighted by Gasteiger charge is 2.28. The Morgan fingerprint density at radius 3 is 2.86 bits per heavy atom. The van der Waals surface area contributed by atoms with Crippen molar-refractivity contribution < 1.29 is 14.4 Å². The lowest BCUT2D eigenvalue weighted by Gasteiger charge is -2.28. The van der Waals surface area contributed by atoms with Crippen molar-refractivity contribution in [1.29, 1.82) is 0 Å². The molecule has 0 saturated carbocycles. The Kier molecular flexibility index (Phi) is 3.60. The number of nitrogens with zero attached hydrogens (tertiary/aromatic N) is 3. The predicted molar refractivity (Wildman–Crippen MR) is 77.0 cm³/mol. The Hall–Kier alpha value is -2.37. The van der Waals surface area contributed by atoms with Crippen LogP contribution in [0, 0.1) is 12.8 Å². The number of hydrogen-bond acceptors (Lipinski definition) is 5. The fraction of sp³-hybridized carbons (Fsp3) is 0.400. The predicted octanol–water partition coefficient (Wildman–Crippen LogP) is 2.35. The van der Waals surface area contributed by atoms with E-state index in [0.29, 0.717) is 24.8 Å². The summed E-state index contributed by atoms with van der Waals surface area (Å²) in [5.41, 5.74) is 2.06. The van der Waals surface area contributed by atoms with E-state index in [1.54, 1.807) is 0 Å². The van der Waals surface area contributed by atoms with Crippen molar-refractivity contribution in [3.05, 3.63) is 29.8 Å². The van der Waals surface area contributed by atoms with Crippen molar-refractivity contribution in [3.8, 4) is 11.4 Å². The van der Waals surface area contributed by atoms with Crippen molar-refractivity contribution in [1.82, 2.24) is 10.1 Å². The molecule has 0 radical (unpaired) electrons. The van der Waals surface area contributed by atoms with Crippen molar-refractivity contribution in [3.63, 3.8) is 0 Å². The van der Waals surface area contributed by atoms with E-state index >= 15 is 0 Å². The number of aliphatic carboxylic acids is 1. The standard InChI is InChI=1S/C15H17N3O3/c1-10-4-6-11(7-5-10)13-16-15(21-17-13)18-8-2-3-12(9-18)14(19)20/h4-7,12H,2-3,8-9H2,1H3,(H,19,20). The molecule has 0 amide bonds. The van der Waals surface area contributed by atoms with Gasteiger partial charge in [-0.25, -0.2) is 0 Å². The zero-order valence-electron chi connectivity index (χ0n) is 11.8. The lowest BCUT2D eigenvalue weighted by atomic mass is 9.99. The van der Waals surface area contributed by atoms with Crippen LogP contribution >= 0.6 is 0 Å². The second-order valence-corrected chi connectivity index (χ2v) is 5.39. The van der Waals surface area contributed by atoms with Gasteiger partial charge in [-0.2, -0.15) is 4.98 Å². The number of aryl methyl sites for hydroxylation is 1. The van der Waals surface area contributed by atoms with Crippen LogP contribution in [0.4, 0.5) is 6.01 Å². The molecule has 1 fully saturated rings. The molecule has 1 unspecified atom stereocenters. The van der Waals surface area contributed by atoms with Crippen LogP contribution in [0.15, 0.2) is 28.8 Å². The first kappa shape index (κ1) is 13.6. The number of carboxylic acid groups (broad SMARTS) is 1. The van der Waals surface area contributed by atoms with Crippen LogP contribution in [-0.2, 0) is 4.79 Å². The van der Waals surface area contributed by atoms with Crippen molar-refractivity contribution in [2.75, 3.05) is 18.0 Å². The first-order valence-corrected chi connectivity index (χ1v) is 7.02. The summed E-state index contributed by atoms with van der Waals surface area (Å²) in [4.78, 5) is 17.3. The number of hydrogen-bond donors (Lipinski definition) is 1. The molecule has 1 aromatic carbocycles. The van der Waals surface area contributed by atoms with Gasteiger partial charge in [0.2, 0.25) is 5.82 Å². The van der Waals surface area contributed by atoms with E-state index in [1.165, 1.54) is 5.56 Å². The molecule has 6 nitrogen and oxygen atoms in total. The number of anilines is 1. The molecule has 2 aromatic rings. The lowest BCUT2D eigenvalue weighted by molar-refractivity contribution is -0.141. The van der Waals surface area contributed by atoms with Gasteiger partial charge in [-0.1, -0.05) is 35.0 Å². The highest BCUT2D eigenvalue weighted by Crippen LogP contribution is 2.24. The van der Waals surface area contributed by atoms with Gasteiger partial charge in [0.05, 0.1) is 5.92 Å². The van der Waals surface area contributed by atoms with Crippen molar-refractivity contribution in [2.24, 2.45) is 5.92 Å². The summed E-state index contributed by atoms with van der Waals surface area (Å²) in [5.74, 6) is -0.603. The summed E-state index contributed by atoms with van der Waals surface area (Å²) >= 11 is 0. The van der Waals surface area contributed by atoms with Crippen molar-refractivity contribution >= 4 is 12.0 Å². The number of rotatable bonds is 3. The summed E-state index contributed by atoms with van der Waals surface area (Å²) in [7, 11) is 0. The van der Waals surface area contributed by atoms with Crippen LogP contribution in [0.25, 0.3) is 11.4 Å². The fourth-order valence-corrected chi connectivity index (χ4v) is 2.52. The van der Waals surface area contributed by atoms with Gasteiger partial charge >= 0.3 is 12.0 Å². The Balaban J connectivity index is 1.78. The molecule has 6 heteroatoms. The van der Waals surface area contributed by atoms with Crippen LogP contribution in [0.2, 0.25) is 0 Å².